The summed E-state index contributed by atoms with van der Waals surface area (Å²) in [5, 5.41) is 19.8. The fourth-order valence-electron chi connectivity index (χ4n) is 2.56. The number of rotatable bonds is 2. The molecule has 1 aliphatic heterocycles. The molecule has 1 heterocycles. The molecule has 0 amide bonds. The maximum absolute atomic E-state index is 10.5. The van der Waals surface area contributed by atoms with E-state index in [-0.39, 0.29) is 5.75 Å². The molecule has 88 valence electrons. The molecule has 2 atom stereocenters. The van der Waals surface area contributed by atoms with Crippen molar-refractivity contribution in [3.05, 3.63) is 29.8 Å². The Kier molecular flexibility index (Phi) is 2.91. The molecular formula is C13H19NO2. The van der Waals surface area contributed by atoms with E-state index in [1.54, 1.807) is 12.1 Å². The number of benzene rings is 1. The molecule has 1 aliphatic rings. The quantitative estimate of drug-likeness (QED) is 0.793. The SMILES string of the molecule is CC1CC(O)(Cc2cccc(O)c2)CN1C. The molecule has 1 fully saturated rings. The van der Waals surface area contributed by atoms with Gasteiger partial charge in [-0.05, 0) is 38.1 Å². The molecule has 2 rings (SSSR count). The summed E-state index contributed by atoms with van der Waals surface area (Å²) in [5.41, 5.74) is 0.340. The zero-order valence-electron chi connectivity index (χ0n) is 9.85. The Morgan fingerprint density at radius 2 is 2.25 bits per heavy atom. The van der Waals surface area contributed by atoms with Crippen LogP contribution in [0.15, 0.2) is 24.3 Å². The van der Waals surface area contributed by atoms with Crippen LogP contribution < -0.4 is 0 Å². The third kappa shape index (κ3) is 2.36. The fraction of sp³-hybridized carbons (Fsp3) is 0.538. The largest absolute Gasteiger partial charge is 0.508 e. The Morgan fingerprint density at radius 3 is 2.81 bits per heavy atom. The van der Waals surface area contributed by atoms with Gasteiger partial charge >= 0.3 is 0 Å². The number of likely N-dealkylation sites (N-methyl/N-ethyl adjacent to an activating group) is 1. The van der Waals surface area contributed by atoms with E-state index in [4.69, 9.17) is 0 Å². The number of phenols is 1. The summed E-state index contributed by atoms with van der Waals surface area (Å²) in [6.07, 6.45) is 1.40. The van der Waals surface area contributed by atoms with E-state index in [0.29, 0.717) is 19.0 Å². The number of likely N-dealkylation sites (tertiary alicyclic amines) is 1. The molecule has 2 unspecified atom stereocenters. The molecule has 0 aliphatic carbocycles. The zero-order chi connectivity index (χ0) is 11.8. The summed E-state index contributed by atoms with van der Waals surface area (Å²) >= 11 is 0. The smallest absolute Gasteiger partial charge is 0.115 e. The average molecular weight is 221 g/mol. The van der Waals surface area contributed by atoms with E-state index in [2.05, 4.69) is 11.8 Å². The molecule has 3 heteroatoms. The summed E-state index contributed by atoms with van der Waals surface area (Å²) in [6, 6.07) is 7.55. The molecule has 1 saturated heterocycles. The van der Waals surface area contributed by atoms with Crippen LogP contribution in [0, 0.1) is 0 Å². The molecule has 1 aromatic rings. The van der Waals surface area contributed by atoms with Gasteiger partial charge in [0, 0.05) is 19.0 Å². The molecule has 3 nitrogen and oxygen atoms in total. The molecule has 0 spiro atoms. The van der Waals surface area contributed by atoms with Crippen LogP contribution in [-0.4, -0.2) is 40.3 Å². The summed E-state index contributed by atoms with van der Waals surface area (Å²) in [6.45, 7) is 2.82. The first-order valence-electron chi connectivity index (χ1n) is 5.69. The predicted octanol–water partition coefficient (Wildman–Crippen LogP) is 1.39. The van der Waals surface area contributed by atoms with E-state index >= 15 is 0 Å². The Labute approximate surface area is 96.3 Å². The maximum Gasteiger partial charge on any atom is 0.115 e. The van der Waals surface area contributed by atoms with Gasteiger partial charge in [-0.3, -0.25) is 0 Å². The average Bonchev–Trinajstić information content (AvgIpc) is 2.40. The fourth-order valence-corrected chi connectivity index (χ4v) is 2.56. The standard InChI is InChI=1S/C13H19NO2/c1-10-7-13(16,9-14(10)2)8-11-4-3-5-12(15)6-11/h3-6,10,15-16H,7-9H2,1-2H3. The van der Waals surface area contributed by atoms with Crippen molar-refractivity contribution in [1.29, 1.82) is 0 Å². The van der Waals surface area contributed by atoms with Gasteiger partial charge < -0.3 is 15.1 Å². The number of nitrogens with zero attached hydrogens (tertiary/aromatic N) is 1. The van der Waals surface area contributed by atoms with Gasteiger partial charge in [0.05, 0.1) is 5.60 Å². The molecule has 1 aromatic carbocycles. The third-order valence-corrected chi connectivity index (χ3v) is 3.42. The number of phenolic OH excluding ortho intramolecular Hbond substituents is 1. The molecule has 0 radical (unpaired) electrons. The van der Waals surface area contributed by atoms with Crippen molar-refractivity contribution >= 4 is 0 Å². The summed E-state index contributed by atoms with van der Waals surface area (Å²) in [4.78, 5) is 2.17. The predicted molar refractivity (Wildman–Crippen MR) is 63.5 cm³/mol. The van der Waals surface area contributed by atoms with Crippen molar-refractivity contribution in [2.75, 3.05) is 13.6 Å². The van der Waals surface area contributed by atoms with Gasteiger partial charge in [-0.2, -0.15) is 0 Å². The van der Waals surface area contributed by atoms with E-state index < -0.39 is 5.60 Å². The minimum Gasteiger partial charge on any atom is -0.508 e. The number of hydrogen-bond acceptors (Lipinski definition) is 3. The van der Waals surface area contributed by atoms with Crippen molar-refractivity contribution in [2.24, 2.45) is 0 Å². The van der Waals surface area contributed by atoms with Gasteiger partial charge in [0.2, 0.25) is 0 Å². The molecule has 2 N–H and O–H groups in total. The minimum absolute atomic E-state index is 0.264. The minimum atomic E-state index is -0.651. The van der Waals surface area contributed by atoms with Crippen LogP contribution in [0.4, 0.5) is 0 Å². The summed E-state index contributed by atoms with van der Waals surface area (Å²) in [5.74, 6) is 0.264. The second kappa shape index (κ2) is 4.07. The highest BCUT2D eigenvalue weighted by Gasteiger charge is 2.38. The summed E-state index contributed by atoms with van der Waals surface area (Å²) in [7, 11) is 2.03. The van der Waals surface area contributed by atoms with Crippen molar-refractivity contribution in [3.8, 4) is 5.75 Å². The Bertz CT molecular complexity index is 368. The summed E-state index contributed by atoms with van der Waals surface area (Å²) < 4.78 is 0. The Hall–Kier alpha value is -1.06. The van der Waals surface area contributed by atoms with E-state index in [1.165, 1.54) is 0 Å². The molecule has 0 aromatic heterocycles. The number of hydrogen-bond donors (Lipinski definition) is 2. The molecule has 0 saturated carbocycles. The first-order chi connectivity index (χ1) is 7.48. The van der Waals surface area contributed by atoms with E-state index in [0.717, 1.165) is 12.0 Å². The second-order valence-electron chi connectivity index (χ2n) is 5.04. The molecule has 0 bridgehead atoms. The van der Waals surface area contributed by atoms with Crippen molar-refractivity contribution < 1.29 is 10.2 Å². The number of aliphatic hydroxyl groups is 1. The highest BCUT2D eigenvalue weighted by molar-refractivity contribution is 5.28. The zero-order valence-corrected chi connectivity index (χ0v) is 9.85. The third-order valence-electron chi connectivity index (χ3n) is 3.42. The van der Waals surface area contributed by atoms with Crippen LogP contribution in [-0.2, 0) is 6.42 Å². The van der Waals surface area contributed by atoms with Gasteiger partial charge in [0.25, 0.3) is 0 Å². The van der Waals surface area contributed by atoms with Crippen molar-refractivity contribution in [1.82, 2.24) is 4.90 Å². The van der Waals surface area contributed by atoms with Crippen molar-refractivity contribution in [3.63, 3.8) is 0 Å². The lowest BCUT2D eigenvalue weighted by atomic mass is 9.92. The highest BCUT2D eigenvalue weighted by atomic mass is 16.3. The van der Waals surface area contributed by atoms with Crippen LogP contribution in [0.1, 0.15) is 18.9 Å². The van der Waals surface area contributed by atoms with Crippen LogP contribution >= 0.6 is 0 Å². The second-order valence-corrected chi connectivity index (χ2v) is 5.04. The van der Waals surface area contributed by atoms with Crippen LogP contribution in [0.2, 0.25) is 0 Å². The highest BCUT2D eigenvalue weighted by Crippen LogP contribution is 2.29. The Balaban J connectivity index is 2.10. The van der Waals surface area contributed by atoms with Crippen LogP contribution in [0.5, 0.6) is 5.75 Å². The lowest BCUT2D eigenvalue weighted by Crippen LogP contribution is -2.34. The normalized spacial score (nSPS) is 30.8. The first kappa shape index (κ1) is 11.4. The maximum atomic E-state index is 10.5. The Morgan fingerprint density at radius 1 is 1.50 bits per heavy atom. The monoisotopic (exact) mass is 221 g/mol. The van der Waals surface area contributed by atoms with Gasteiger partial charge in [-0.25, -0.2) is 0 Å². The first-order valence-corrected chi connectivity index (χ1v) is 5.69. The molecule has 16 heavy (non-hydrogen) atoms. The van der Waals surface area contributed by atoms with Crippen LogP contribution in [0.3, 0.4) is 0 Å². The van der Waals surface area contributed by atoms with E-state index in [1.807, 2.05) is 19.2 Å². The van der Waals surface area contributed by atoms with Gasteiger partial charge in [-0.1, -0.05) is 12.1 Å². The van der Waals surface area contributed by atoms with Crippen LogP contribution in [0.25, 0.3) is 0 Å². The topological polar surface area (TPSA) is 43.7 Å². The van der Waals surface area contributed by atoms with Crippen molar-refractivity contribution in [2.45, 2.75) is 31.4 Å². The lowest BCUT2D eigenvalue weighted by Gasteiger charge is -2.22. The number of β-amino-alcohol motifs (C(OH)–C–C–N with tert-alkyl or cyclic N) is 1. The van der Waals surface area contributed by atoms with Gasteiger partial charge in [0.1, 0.15) is 5.75 Å². The number of aromatic hydroxyl groups is 1. The van der Waals surface area contributed by atoms with Gasteiger partial charge in [0.15, 0.2) is 0 Å². The van der Waals surface area contributed by atoms with E-state index in [9.17, 15) is 10.2 Å². The molecular weight excluding hydrogens is 202 g/mol. The van der Waals surface area contributed by atoms with Gasteiger partial charge in [-0.15, -0.1) is 0 Å². The lowest BCUT2D eigenvalue weighted by molar-refractivity contribution is 0.0520.